The Bertz CT molecular complexity index is 336. The normalized spacial score (nSPS) is 9.93. The zero-order valence-electron chi connectivity index (χ0n) is 8.04. The molecule has 0 spiro atoms. The first-order valence-electron chi connectivity index (χ1n) is 4.04. The maximum Gasteiger partial charge on any atom is 0.338 e. The van der Waals surface area contributed by atoms with Crippen LogP contribution in [0.25, 0.3) is 0 Å². The molecule has 0 fully saturated rings. The van der Waals surface area contributed by atoms with Crippen LogP contribution in [0.5, 0.6) is 0 Å². The average molecular weight is 215 g/mol. The lowest BCUT2D eigenvalue weighted by Crippen LogP contribution is -2.06. The molecular formula is C10H11ClO3. The summed E-state index contributed by atoms with van der Waals surface area (Å²) in [5.41, 5.74) is 1.21. The third-order valence-electron chi connectivity index (χ3n) is 1.77. The Morgan fingerprint density at radius 2 is 2.14 bits per heavy atom. The van der Waals surface area contributed by atoms with Crippen LogP contribution in [-0.4, -0.2) is 20.2 Å². The summed E-state index contributed by atoms with van der Waals surface area (Å²) in [4.78, 5) is 11.3. The minimum absolute atomic E-state index is 0.338. The molecule has 0 amide bonds. The quantitative estimate of drug-likeness (QED) is 0.725. The highest BCUT2D eigenvalue weighted by Gasteiger charge is 2.11. The van der Waals surface area contributed by atoms with E-state index in [0.717, 1.165) is 5.56 Å². The third-order valence-corrected chi connectivity index (χ3v) is 2.01. The highest BCUT2D eigenvalue weighted by molar-refractivity contribution is 6.30. The summed E-state index contributed by atoms with van der Waals surface area (Å²) in [6.45, 7) is 0.338. The van der Waals surface area contributed by atoms with Crippen molar-refractivity contribution in [3.8, 4) is 0 Å². The van der Waals surface area contributed by atoms with Crippen LogP contribution in [0.3, 0.4) is 0 Å². The van der Waals surface area contributed by atoms with Crippen molar-refractivity contribution in [2.45, 2.75) is 6.61 Å². The number of methoxy groups -OCH3 is 2. The summed E-state index contributed by atoms with van der Waals surface area (Å²) in [6, 6.07) is 4.97. The highest BCUT2D eigenvalue weighted by atomic mass is 35.5. The summed E-state index contributed by atoms with van der Waals surface area (Å²) < 4.78 is 9.58. The lowest BCUT2D eigenvalue weighted by atomic mass is 10.1. The number of esters is 1. The van der Waals surface area contributed by atoms with Gasteiger partial charge in [-0.3, -0.25) is 0 Å². The van der Waals surface area contributed by atoms with Crippen LogP contribution in [0.15, 0.2) is 18.2 Å². The molecule has 0 radical (unpaired) electrons. The van der Waals surface area contributed by atoms with Crippen molar-refractivity contribution in [2.24, 2.45) is 0 Å². The van der Waals surface area contributed by atoms with Crippen LogP contribution in [0, 0.1) is 0 Å². The Morgan fingerprint density at radius 3 is 2.71 bits per heavy atom. The first kappa shape index (κ1) is 11.0. The van der Waals surface area contributed by atoms with Gasteiger partial charge in [-0.15, -0.1) is 0 Å². The lowest BCUT2D eigenvalue weighted by molar-refractivity contribution is 0.0596. The smallest absolute Gasteiger partial charge is 0.338 e. The molecule has 4 heteroatoms. The summed E-state index contributed by atoms with van der Waals surface area (Å²) >= 11 is 5.79. The van der Waals surface area contributed by atoms with Crippen LogP contribution in [0.1, 0.15) is 15.9 Å². The second-order valence-electron chi connectivity index (χ2n) is 2.73. The molecular weight excluding hydrogens is 204 g/mol. The maximum absolute atomic E-state index is 11.3. The zero-order chi connectivity index (χ0) is 10.6. The Balaban J connectivity index is 3.07. The Labute approximate surface area is 87.6 Å². The van der Waals surface area contributed by atoms with Gasteiger partial charge in [-0.2, -0.15) is 0 Å². The fourth-order valence-corrected chi connectivity index (χ4v) is 1.34. The van der Waals surface area contributed by atoms with E-state index < -0.39 is 0 Å². The first-order chi connectivity index (χ1) is 6.69. The molecule has 0 N–H and O–H groups in total. The molecule has 0 saturated carbocycles. The largest absolute Gasteiger partial charge is 0.465 e. The molecule has 0 unspecified atom stereocenters. The standard InChI is InChI=1S/C10H11ClO3/c1-13-6-7-5-8(11)3-4-9(7)10(12)14-2/h3-5H,6H2,1-2H3. The van der Waals surface area contributed by atoms with E-state index in [0.29, 0.717) is 17.2 Å². The predicted octanol–water partition coefficient (Wildman–Crippen LogP) is 2.27. The van der Waals surface area contributed by atoms with Crippen molar-refractivity contribution in [3.05, 3.63) is 34.3 Å². The zero-order valence-corrected chi connectivity index (χ0v) is 8.80. The van der Waals surface area contributed by atoms with E-state index in [1.54, 1.807) is 25.3 Å². The van der Waals surface area contributed by atoms with Crippen molar-refractivity contribution in [1.82, 2.24) is 0 Å². The minimum Gasteiger partial charge on any atom is -0.465 e. The summed E-state index contributed by atoms with van der Waals surface area (Å²) in [5.74, 6) is -0.381. The predicted molar refractivity (Wildman–Crippen MR) is 53.5 cm³/mol. The van der Waals surface area contributed by atoms with E-state index in [9.17, 15) is 4.79 Å². The van der Waals surface area contributed by atoms with E-state index in [-0.39, 0.29) is 5.97 Å². The fourth-order valence-electron chi connectivity index (χ4n) is 1.15. The molecule has 0 bridgehead atoms. The van der Waals surface area contributed by atoms with Gasteiger partial charge >= 0.3 is 5.97 Å². The number of benzene rings is 1. The average Bonchev–Trinajstić information content (AvgIpc) is 2.17. The molecule has 1 aromatic rings. The van der Waals surface area contributed by atoms with Crippen LogP contribution in [-0.2, 0) is 16.1 Å². The summed E-state index contributed by atoms with van der Waals surface area (Å²) in [5, 5.41) is 0.574. The molecule has 1 aromatic carbocycles. The van der Waals surface area contributed by atoms with Gasteiger partial charge in [0.1, 0.15) is 0 Å². The van der Waals surface area contributed by atoms with Crippen molar-refractivity contribution < 1.29 is 14.3 Å². The number of carbonyl (C=O) groups is 1. The van der Waals surface area contributed by atoms with Gasteiger partial charge in [-0.1, -0.05) is 11.6 Å². The number of rotatable bonds is 3. The van der Waals surface area contributed by atoms with Crippen molar-refractivity contribution >= 4 is 17.6 Å². The monoisotopic (exact) mass is 214 g/mol. The minimum atomic E-state index is -0.381. The van der Waals surface area contributed by atoms with Gasteiger partial charge in [0.25, 0.3) is 0 Å². The summed E-state index contributed by atoms with van der Waals surface area (Å²) in [6.07, 6.45) is 0. The molecule has 1 rings (SSSR count). The van der Waals surface area contributed by atoms with E-state index in [4.69, 9.17) is 16.3 Å². The Morgan fingerprint density at radius 1 is 1.43 bits per heavy atom. The Kier molecular flexibility index (Phi) is 3.92. The van der Waals surface area contributed by atoms with E-state index in [2.05, 4.69) is 4.74 Å². The molecule has 0 heterocycles. The SMILES string of the molecule is COCc1cc(Cl)ccc1C(=O)OC. The molecule has 14 heavy (non-hydrogen) atoms. The van der Waals surface area contributed by atoms with Gasteiger partial charge in [-0.05, 0) is 23.8 Å². The van der Waals surface area contributed by atoms with Crippen LogP contribution < -0.4 is 0 Å². The molecule has 0 aliphatic carbocycles. The van der Waals surface area contributed by atoms with Crippen LogP contribution in [0.4, 0.5) is 0 Å². The molecule has 76 valence electrons. The van der Waals surface area contributed by atoms with Crippen molar-refractivity contribution in [1.29, 1.82) is 0 Å². The fraction of sp³-hybridized carbons (Fsp3) is 0.300. The van der Waals surface area contributed by atoms with Gasteiger partial charge in [0.05, 0.1) is 19.3 Å². The number of ether oxygens (including phenoxy) is 2. The second kappa shape index (κ2) is 4.98. The first-order valence-corrected chi connectivity index (χ1v) is 4.42. The molecule has 0 aliphatic heterocycles. The number of hydrogen-bond acceptors (Lipinski definition) is 3. The molecule has 0 aliphatic rings. The maximum atomic E-state index is 11.3. The lowest BCUT2D eigenvalue weighted by Gasteiger charge is -2.06. The highest BCUT2D eigenvalue weighted by Crippen LogP contribution is 2.17. The number of carbonyl (C=O) groups excluding carboxylic acids is 1. The van der Waals surface area contributed by atoms with Crippen LogP contribution >= 0.6 is 11.6 Å². The van der Waals surface area contributed by atoms with Gasteiger partial charge in [0.2, 0.25) is 0 Å². The summed E-state index contributed by atoms with van der Waals surface area (Å²) in [7, 11) is 2.90. The number of halogens is 1. The van der Waals surface area contributed by atoms with E-state index >= 15 is 0 Å². The van der Waals surface area contributed by atoms with Gasteiger partial charge in [0, 0.05) is 12.1 Å². The van der Waals surface area contributed by atoms with Crippen LogP contribution in [0.2, 0.25) is 5.02 Å². The van der Waals surface area contributed by atoms with Crippen molar-refractivity contribution in [2.75, 3.05) is 14.2 Å². The van der Waals surface area contributed by atoms with Gasteiger partial charge < -0.3 is 9.47 Å². The third kappa shape index (κ3) is 2.47. The van der Waals surface area contributed by atoms with E-state index in [1.165, 1.54) is 7.11 Å². The molecule has 0 atom stereocenters. The Hall–Kier alpha value is -1.06. The second-order valence-corrected chi connectivity index (χ2v) is 3.16. The van der Waals surface area contributed by atoms with Crippen molar-refractivity contribution in [3.63, 3.8) is 0 Å². The van der Waals surface area contributed by atoms with Gasteiger partial charge in [0.15, 0.2) is 0 Å². The molecule has 0 aromatic heterocycles. The topological polar surface area (TPSA) is 35.5 Å². The van der Waals surface area contributed by atoms with E-state index in [1.807, 2.05) is 0 Å². The van der Waals surface area contributed by atoms with Gasteiger partial charge in [-0.25, -0.2) is 4.79 Å². The number of hydrogen-bond donors (Lipinski definition) is 0. The molecule has 3 nitrogen and oxygen atoms in total. The molecule has 0 saturated heterocycles.